The smallest absolute Gasteiger partial charge is 0.272 e. The van der Waals surface area contributed by atoms with Gasteiger partial charge in [-0.3, -0.25) is 4.57 Å². The van der Waals surface area contributed by atoms with Crippen LogP contribution in [0.4, 0.5) is 0 Å². The van der Waals surface area contributed by atoms with Gasteiger partial charge in [0.15, 0.2) is 0 Å². The van der Waals surface area contributed by atoms with Crippen LogP contribution >= 0.6 is 18.7 Å². The topological polar surface area (TPSA) is 26.3 Å². The summed E-state index contributed by atoms with van der Waals surface area (Å²) in [7, 11) is -3.07. The predicted octanol–water partition coefficient (Wildman–Crippen LogP) is 5.62. The second-order valence-electron chi connectivity index (χ2n) is 5.56. The van der Waals surface area contributed by atoms with Crippen molar-refractivity contribution in [2.75, 3.05) is 6.61 Å². The number of hydrogen-bond donors (Lipinski definition) is 0. The van der Waals surface area contributed by atoms with E-state index in [-0.39, 0.29) is 0 Å². The minimum atomic E-state index is -3.07. The molecule has 1 aliphatic rings. The van der Waals surface area contributed by atoms with E-state index >= 15 is 0 Å². The Morgan fingerprint density at radius 3 is 2.17 bits per heavy atom. The van der Waals surface area contributed by atoms with Crippen LogP contribution in [0.2, 0.25) is 0 Å². The van der Waals surface area contributed by atoms with E-state index in [9.17, 15) is 4.57 Å². The Bertz CT molecular complexity index is 942. The number of thiophene rings is 1. The van der Waals surface area contributed by atoms with Crippen LogP contribution in [-0.2, 0) is 9.09 Å². The molecule has 1 aliphatic heterocycles. The van der Waals surface area contributed by atoms with Crippen LogP contribution in [0, 0.1) is 0 Å². The predicted molar refractivity (Wildman–Crippen MR) is 102 cm³/mol. The van der Waals surface area contributed by atoms with Crippen LogP contribution in [0.5, 0.6) is 0 Å². The maximum absolute atomic E-state index is 13.9. The molecule has 0 aliphatic carbocycles. The van der Waals surface area contributed by atoms with Crippen molar-refractivity contribution in [2.24, 2.45) is 0 Å². The van der Waals surface area contributed by atoms with E-state index in [1.165, 1.54) is 11.3 Å². The van der Waals surface area contributed by atoms with Crippen LogP contribution in [-0.4, -0.2) is 6.61 Å². The molecular formula is C20H17O2PS. The van der Waals surface area contributed by atoms with Crippen molar-refractivity contribution in [1.82, 2.24) is 0 Å². The van der Waals surface area contributed by atoms with Crippen molar-refractivity contribution >= 4 is 34.2 Å². The largest absolute Gasteiger partial charge is 0.322 e. The first-order valence-corrected chi connectivity index (χ1v) is 10.4. The van der Waals surface area contributed by atoms with Gasteiger partial charge in [-0.2, -0.15) is 0 Å². The molecular weight excluding hydrogens is 335 g/mol. The number of fused-ring (bicyclic) bond motifs is 1. The molecule has 1 atom stereocenters. The lowest BCUT2D eigenvalue weighted by Gasteiger charge is -2.17. The number of rotatable bonds is 4. The maximum atomic E-state index is 13.9. The molecule has 2 heterocycles. The highest BCUT2D eigenvalue weighted by molar-refractivity contribution is 7.82. The molecule has 3 aromatic rings. The SMILES string of the molecule is CCOP1(=O)C(c2ccccc2)=C(c2ccccc2)c2ccsc21. The molecule has 0 radical (unpaired) electrons. The first kappa shape index (κ1) is 15.6. The van der Waals surface area contributed by atoms with Crippen LogP contribution in [0.1, 0.15) is 23.6 Å². The van der Waals surface area contributed by atoms with E-state index in [1.54, 1.807) is 0 Å². The number of benzene rings is 2. The molecule has 2 nitrogen and oxygen atoms in total. The van der Waals surface area contributed by atoms with Gasteiger partial charge in [0.05, 0.1) is 11.9 Å². The zero-order valence-electron chi connectivity index (χ0n) is 13.3. The summed E-state index contributed by atoms with van der Waals surface area (Å²) in [5.41, 5.74) is 4.13. The van der Waals surface area contributed by atoms with Crippen molar-refractivity contribution in [3.8, 4) is 0 Å². The molecule has 0 spiro atoms. The molecule has 120 valence electrons. The van der Waals surface area contributed by atoms with Crippen LogP contribution in [0.15, 0.2) is 72.1 Å². The molecule has 2 aromatic carbocycles. The summed E-state index contributed by atoms with van der Waals surface area (Å²) in [5.74, 6) is 0. The molecule has 24 heavy (non-hydrogen) atoms. The fourth-order valence-electron chi connectivity index (χ4n) is 3.21. The Labute approximate surface area is 145 Å². The lowest BCUT2D eigenvalue weighted by molar-refractivity contribution is 0.349. The number of hydrogen-bond acceptors (Lipinski definition) is 3. The van der Waals surface area contributed by atoms with Crippen LogP contribution in [0.3, 0.4) is 0 Å². The lowest BCUT2D eigenvalue weighted by Crippen LogP contribution is -2.02. The maximum Gasteiger partial charge on any atom is 0.272 e. The van der Waals surface area contributed by atoms with Crippen molar-refractivity contribution in [3.63, 3.8) is 0 Å². The molecule has 4 heteroatoms. The minimum absolute atomic E-state index is 0.424. The second-order valence-corrected chi connectivity index (χ2v) is 9.04. The molecule has 1 unspecified atom stereocenters. The molecule has 1 aromatic heterocycles. The summed E-state index contributed by atoms with van der Waals surface area (Å²) in [6, 6.07) is 22.2. The van der Waals surface area contributed by atoms with Gasteiger partial charge in [0, 0.05) is 11.1 Å². The van der Waals surface area contributed by atoms with Gasteiger partial charge in [-0.1, -0.05) is 60.7 Å². The van der Waals surface area contributed by atoms with Crippen LogP contribution in [0.25, 0.3) is 10.9 Å². The Morgan fingerprint density at radius 1 is 0.917 bits per heavy atom. The first-order valence-electron chi connectivity index (χ1n) is 7.94. The third-order valence-corrected chi connectivity index (χ3v) is 8.35. The minimum Gasteiger partial charge on any atom is -0.322 e. The summed E-state index contributed by atoms with van der Waals surface area (Å²) in [5, 5.41) is 2.83. The first-order chi connectivity index (χ1) is 11.8. The van der Waals surface area contributed by atoms with E-state index in [0.29, 0.717) is 6.61 Å². The van der Waals surface area contributed by atoms with Gasteiger partial charge in [0.1, 0.15) is 4.62 Å². The van der Waals surface area contributed by atoms with Crippen molar-refractivity contribution in [3.05, 3.63) is 88.8 Å². The van der Waals surface area contributed by atoms with E-state index in [4.69, 9.17) is 4.52 Å². The third-order valence-electron chi connectivity index (χ3n) is 4.13. The van der Waals surface area contributed by atoms with Gasteiger partial charge in [-0.05, 0) is 29.5 Å². The van der Waals surface area contributed by atoms with Gasteiger partial charge in [-0.25, -0.2) is 0 Å². The molecule has 0 saturated heterocycles. The van der Waals surface area contributed by atoms with Gasteiger partial charge in [-0.15, -0.1) is 11.3 Å². The Kier molecular flexibility index (Phi) is 4.01. The molecule has 0 bridgehead atoms. The molecule has 4 rings (SSSR count). The van der Waals surface area contributed by atoms with E-state index in [2.05, 4.69) is 18.2 Å². The highest BCUT2D eigenvalue weighted by Crippen LogP contribution is 2.67. The third kappa shape index (κ3) is 2.32. The van der Waals surface area contributed by atoms with Gasteiger partial charge < -0.3 is 4.52 Å². The molecule has 0 N–H and O–H groups in total. The average molecular weight is 352 g/mol. The monoisotopic (exact) mass is 352 g/mol. The fraction of sp³-hybridized carbons (Fsp3) is 0.100. The van der Waals surface area contributed by atoms with Crippen LogP contribution < -0.4 is 4.62 Å². The van der Waals surface area contributed by atoms with E-state index in [0.717, 1.165) is 32.2 Å². The van der Waals surface area contributed by atoms with Gasteiger partial charge in [0.2, 0.25) is 0 Å². The highest BCUT2D eigenvalue weighted by atomic mass is 32.1. The normalized spacial score (nSPS) is 19.5. The summed E-state index contributed by atoms with van der Waals surface area (Å²) in [4.78, 5) is 0. The Hall–Kier alpha value is -1.93. The van der Waals surface area contributed by atoms with E-state index < -0.39 is 7.37 Å². The lowest BCUT2D eigenvalue weighted by atomic mass is 9.98. The summed E-state index contributed by atoms with van der Waals surface area (Å²) in [6.45, 7) is 2.32. The molecule has 0 amide bonds. The molecule has 0 saturated carbocycles. The highest BCUT2D eigenvalue weighted by Gasteiger charge is 2.44. The summed E-state index contributed by atoms with van der Waals surface area (Å²) < 4.78 is 20.7. The van der Waals surface area contributed by atoms with E-state index in [1.807, 2.05) is 60.8 Å². The summed E-state index contributed by atoms with van der Waals surface area (Å²) >= 11 is 1.53. The van der Waals surface area contributed by atoms with Crippen molar-refractivity contribution < 1.29 is 9.09 Å². The fourth-order valence-corrected chi connectivity index (χ4v) is 7.36. The van der Waals surface area contributed by atoms with Gasteiger partial charge in [0.25, 0.3) is 7.37 Å². The standard InChI is InChI=1S/C20H17O2PS/c1-2-22-23(21)19(16-11-7-4-8-12-16)18(15-9-5-3-6-10-15)17-13-14-24-20(17)23/h3-14H,2H2,1H3. The summed E-state index contributed by atoms with van der Waals surface area (Å²) in [6.07, 6.45) is 0. The quantitative estimate of drug-likeness (QED) is 0.570. The average Bonchev–Trinajstić information content (AvgIpc) is 3.18. The Balaban J connectivity index is 2.07. The zero-order chi connectivity index (χ0) is 16.6. The van der Waals surface area contributed by atoms with Gasteiger partial charge >= 0.3 is 0 Å². The van der Waals surface area contributed by atoms with Crippen molar-refractivity contribution in [2.45, 2.75) is 6.92 Å². The van der Waals surface area contributed by atoms with Crippen molar-refractivity contribution in [1.29, 1.82) is 0 Å². The Morgan fingerprint density at radius 2 is 1.54 bits per heavy atom. The molecule has 0 fully saturated rings. The zero-order valence-corrected chi connectivity index (χ0v) is 15.0. The second kappa shape index (κ2) is 6.18.